The van der Waals surface area contributed by atoms with Gasteiger partial charge in [-0.3, -0.25) is 4.79 Å². The molecule has 0 bridgehead atoms. The number of carbonyl (C=O) groups excluding carboxylic acids is 1. The highest BCUT2D eigenvalue weighted by atomic mass is 16.5. The standard InChI is InChI=1S/C4H6O2.C3H6O2/c1-3-4(5)6-2;1-2-3(4)5/h3H,1H2,2H3;2H2,1H3,(H,4,5). The maximum absolute atomic E-state index is 9.84. The summed E-state index contributed by atoms with van der Waals surface area (Å²) in [6.45, 7) is 4.76. The number of methoxy groups -OCH3 is 1. The quantitative estimate of drug-likeness (QED) is 0.480. The van der Waals surface area contributed by atoms with Gasteiger partial charge in [0.05, 0.1) is 7.11 Å². The lowest BCUT2D eigenvalue weighted by Crippen LogP contribution is -1.91. The molecule has 0 aromatic rings. The molecule has 0 aromatic carbocycles. The second-order valence-corrected chi connectivity index (χ2v) is 1.47. The molecular formula is C7H12O4. The SMILES string of the molecule is C=CC(=O)OC.CCC(=O)O. The van der Waals surface area contributed by atoms with Crippen molar-refractivity contribution in [2.75, 3.05) is 7.11 Å². The van der Waals surface area contributed by atoms with E-state index in [0.29, 0.717) is 0 Å². The molecule has 0 rings (SSSR count). The average molecular weight is 160 g/mol. The second-order valence-electron chi connectivity index (χ2n) is 1.47. The molecule has 1 N–H and O–H groups in total. The largest absolute Gasteiger partial charge is 0.481 e. The number of rotatable bonds is 2. The lowest BCUT2D eigenvalue weighted by Gasteiger charge is -1.83. The molecule has 0 aromatic heterocycles. The molecule has 0 heterocycles. The van der Waals surface area contributed by atoms with Crippen molar-refractivity contribution in [1.82, 2.24) is 0 Å². The van der Waals surface area contributed by atoms with Crippen molar-refractivity contribution in [3.8, 4) is 0 Å². The predicted octanol–water partition coefficient (Wildman–Crippen LogP) is 0.826. The van der Waals surface area contributed by atoms with Gasteiger partial charge < -0.3 is 9.84 Å². The lowest BCUT2D eigenvalue weighted by molar-refractivity contribution is -0.137. The fourth-order valence-electron chi connectivity index (χ4n) is 0.0833. The molecule has 0 radical (unpaired) electrons. The Balaban J connectivity index is 0. The van der Waals surface area contributed by atoms with Crippen LogP contribution >= 0.6 is 0 Å². The first-order valence-electron chi connectivity index (χ1n) is 3.00. The van der Waals surface area contributed by atoms with E-state index in [9.17, 15) is 9.59 Å². The van der Waals surface area contributed by atoms with Crippen LogP contribution in [0.1, 0.15) is 13.3 Å². The average Bonchev–Trinajstić information content (AvgIpc) is 2.04. The summed E-state index contributed by atoms with van der Waals surface area (Å²) < 4.78 is 4.14. The Morgan fingerprint density at radius 1 is 1.64 bits per heavy atom. The molecule has 0 unspecified atom stereocenters. The van der Waals surface area contributed by atoms with Crippen molar-refractivity contribution in [3.05, 3.63) is 12.7 Å². The molecule has 0 fully saturated rings. The van der Waals surface area contributed by atoms with Gasteiger partial charge in [0.1, 0.15) is 0 Å². The molecule has 0 saturated heterocycles. The van der Waals surface area contributed by atoms with Gasteiger partial charge in [0, 0.05) is 12.5 Å². The molecule has 4 heteroatoms. The van der Waals surface area contributed by atoms with Crippen LogP contribution in [0, 0.1) is 0 Å². The third-order valence-corrected chi connectivity index (χ3v) is 0.670. The predicted molar refractivity (Wildman–Crippen MR) is 40.1 cm³/mol. The molecule has 4 nitrogen and oxygen atoms in total. The van der Waals surface area contributed by atoms with Crippen LogP contribution < -0.4 is 0 Å². The maximum Gasteiger partial charge on any atom is 0.329 e. The molecule has 11 heavy (non-hydrogen) atoms. The van der Waals surface area contributed by atoms with E-state index in [1.807, 2.05) is 0 Å². The summed E-state index contributed by atoms with van der Waals surface area (Å²) in [6.07, 6.45) is 1.33. The van der Waals surface area contributed by atoms with Gasteiger partial charge in [-0.2, -0.15) is 0 Å². The van der Waals surface area contributed by atoms with E-state index < -0.39 is 11.9 Å². The highest BCUT2D eigenvalue weighted by molar-refractivity contribution is 5.80. The van der Waals surface area contributed by atoms with Crippen LogP contribution in [0.2, 0.25) is 0 Å². The third-order valence-electron chi connectivity index (χ3n) is 0.670. The summed E-state index contributed by atoms with van der Waals surface area (Å²) in [5, 5.41) is 7.72. The Morgan fingerprint density at radius 3 is 2.00 bits per heavy atom. The minimum absolute atomic E-state index is 0.222. The molecule has 64 valence electrons. The van der Waals surface area contributed by atoms with Crippen LogP contribution in [-0.4, -0.2) is 24.2 Å². The normalized spacial score (nSPS) is 7.09. The number of esters is 1. The molecule has 0 atom stereocenters. The van der Waals surface area contributed by atoms with Crippen molar-refractivity contribution in [1.29, 1.82) is 0 Å². The Hall–Kier alpha value is -1.32. The highest BCUT2D eigenvalue weighted by Gasteiger charge is 1.82. The summed E-state index contributed by atoms with van der Waals surface area (Å²) in [4.78, 5) is 19.2. The minimum Gasteiger partial charge on any atom is -0.481 e. The minimum atomic E-state index is -0.745. The summed E-state index contributed by atoms with van der Waals surface area (Å²) in [5.41, 5.74) is 0. The first-order chi connectivity index (χ1) is 5.08. The van der Waals surface area contributed by atoms with E-state index in [-0.39, 0.29) is 6.42 Å². The van der Waals surface area contributed by atoms with E-state index in [0.717, 1.165) is 6.08 Å². The smallest absolute Gasteiger partial charge is 0.329 e. The number of hydrogen-bond acceptors (Lipinski definition) is 3. The zero-order valence-electron chi connectivity index (χ0n) is 6.66. The second kappa shape index (κ2) is 8.68. The van der Waals surface area contributed by atoms with Gasteiger partial charge in [-0.05, 0) is 0 Å². The van der Waals surface area contributed by atoms with Crippen LogP contribution in [0.3, 0.4) is 0 Å². The molecule has 0 amide bonds. The van der Waals surface area contributed by atoms with Gasteiger partial charge in [0.2, 0.25) is 0 Å². The fourth-order valence-corrected chi connectivity index (χ4v) is 0.0833. The Kier molecular flexibility index (Phi) is 9.76. The van der Waals surface area contributed by atoms with Crippen molar-refractivity contribution in [2.45, 2.75) is 13.3 Å². The fraction of sp³-hybridized carbons (Fsp3) is 0.429. The summed E-state index contributed by atoms with van der Waals surface area (Å²) in [5.74, 6) is -1.14. The van der Waals surface area contributed by atoms with Crippen LogP contribution in [0.4, 0.5) is 0 Å². The Bertz CT molecular complexity index is 139. The van der Waals surface area contributed by atoms with Crippen LogP contribution in [0.5, 0.6) is 0 Å². The summed E-state index contributed by atoms with van der Waals surface area (Å²) in [7, 11) is 1.31. The Morgan fingerprint density at radius 2 is 2.00 bits per heavy atom. The van der Waals surface area contributed by atoms with Gasteiger partial charge >= 0.3 is 11.9 Å². The zero-order valence-corrected chi connectivity index (χ0v) is 6.66. The van der Waals surface area contributed by atoms with Crippen molar-refractivity contribution in [2.24, 2.45) is 0 Å². The van der Waals surface area contributed by atoms with Crippen molar-refractivity contribution >= 4 is 11.9 Å². The van der Waals surface area contributed by atoms with E-state index in [1.165, 1.54) is 7.11 Å². The molecule has 0 saturated carbocycles. The number of carbonyl (C=O) groups is 2. The lowest BCUT2D eigenvalue weighted by atomic mass is 10.5. The molecule has 0 aliphatic rings. The van der Waals surface area contributed by atoms with Crippen LogP contribution in [-0.2, 0) is 14.3 Å². The number of ether oxygens (including phenoxy) is 1. The van der Waals surface area contributed by atoms with E-state index in [1.54, 1.807) is 6.92 Å². The highest BCUT2D eigenvalue weighted by Crippen LogP contribution is 1.68. The molecule has 0 aliphatic heterocycles. The van der Waals surface area contributed by atoms with E-state index >= 15 is 0 Å². The van der Waals surface area contributed by atoms with E-state index in [4.69, 9.17) is 5.11 Å². The number of carboxylic acid groups (broad SMARTS) is 1. The summed E-state index contributed by atoms with van der Waals surface area (Å²) in [6, 6.07) is 0. The number of aliphatic carboxylic acids is 1. The first kappa shape index (κ1) is 12.4. The molecule has 0 aliphatic carbocycles. The van der Waals surface area contributed by atoms with Crippen molar-refractivity contribution in [3.63, 3.8) is 0 Å². The maximum atomic E-state index is 9.84. The van der Waals surface area contributed by atoms with E-state index in [2.05, 4.69) is 11.3 Å². The summed E-state index contributed by atoms with van der Waals surface area (Å²) >= 11 is 0. The molecular weight excluding hydrogens is 148 g/mol. The van der Waals surface area contributed by atoms with Gasteiger partial charge in [0.15, 0.2) is 0 Å². The monoisotopic (exact) mass is 160 g/mol. The van der Waals surface area contributed by atoms with Gasteiger partial charge in [-0.25, -0.2) is 4.79 Å². The Labute approximate surface area is 65.5 Å². The molecule has 0 spiro atoms. The van der Waals surface area contributed by atoms with Crippen molar-refractivity contribution < 1.29 is 19.4 Å². The van der Waals surface area contributed by atoms with Crippen LogP contribution in [0.25, 0.3) is 0 Å². The third kappa shape index (κ3) is 17.7. The first-order valence-corrected chi connectivity index (χ1v) is 3.00. The zero-order chi connectivity index (χ0) is 9.28. The topological polar surface area (TPSA) is 63.6 Å². The number of hydrogen-bond donors (Lipinski definition) is 1. The van der Waals surface area contributed by atoms with Gasteiger partial charge in [-0.15, -0.1) is 0 Å². The van der Waals surface area contributed by atoms with Gasteiger partial charge in [0.25, 0.3) is 0 Å². The number of carboxylic acids is 1. The van der Waals surface area contributed by atoms with Gasteiger partial charge in [-0.1, -0.05) is 13.5 Å². The van der Waals surface area contributed by atoms with Crippen LogP contribution in [0.15, 0.2) is 12.7 Å².